The highest BCUT2D eigenvalue weighted by Gasteiger charge is 2.34. The van der Waals surface area contributed by atoms with Crippen LogP contribution in [0, 0.1) is 5.92 Å². The number of hydrogen-bond acceptors (Lipinski definition) is 1. The van der Waals surface area contributed by atoms with Crippen LogP contribution in [0.1, 0.15) is 28.2 Å². The summed E-state index contributed by atoms with van der Waals surface area (Å²) in [6.45, 7) is 0. The zero-order valence-corrected chi connectivity index (χ0v) is 26.6. The average molecular weight is 621 g/mol. The van der Waals surface area contributed by atoms with Gasteiger partial charge >= 0.3 is 0 Å². The van der Waals surface area contributed by atoms with Gasteiger partial charge in [0, 0.05) is 28.0 Å². The summed E-state index contributed by atoms with van der Waals surface area (Å²) in [5.41, 5.74) is 12.4. The lowest BCUT2D eigenvalue weighted by Gasteiger charge is -2.37. The summed E-state index contributed by atoms with van der Waals surface area (Å²) in [6, 6.07) is 45.0. The molecule has 1 aromatic heterocycles. The minimum atomic E-state index is 0.327. The zero-order valence-electron chi connectivity index (χ0n) is 26.6. The zero-order chi connectivity index (χ0) is 31.8. The first kappa shape index (κ1) is 25.9. The molecule has 0 saturated carbocycles. The summed E-state index contributed by atoms with van der Waals surface area (Å²) in [5.74, 6) is 0.692. The molecule has 1 heterocycles. The fourth-order valence-corrected chi connectivity index (χ4v) is 9.39. The molecule has 0 bridgehead atoms. The standard InChI is InChI=1S/C48H28O/c1-2-10-42-37(9-1)40-24-19-33-25-34(35-20-15-31-13-11-27-5-3-7-29-17-22-38(35)45(31)43(27)29)26-41(47(33)48(40)49-42)36-21-16-32-14-12-28-6-4-8-30-18-23-39(36)46(32)44(28)30/h1-26,31,45H. The van der Waals surface area contributed by atoms with E-state index in [1.807, 2.05) is 0 Å². The Morgan fingerprint density at radius 3 is 2.12 bits per heavy atom. The summed E-state index contributed by atoms with van der Waals surface area (Å²) in [5, 5.41) is 12.5. The van der Waals surface area contributed by atoms with Crippen LogP contribution in [-0.4, -0.2) is 0 Å². The molecule has 1 nitrogen and oxygen atoms in total. The first-order valence-corrected chi connectivity index (χ1v) is 17.3. The Balaban J connectivity index is 1.20. The van der Waals surface area contributed by atoms with Gasteiger partial charge in [-0.05, 0) is 106 Å². The number of allylic oxidation sites excluding steroid dienone is 6. The third-order valence-electron chi connectivity index (χ3n) is 11.5. The van der Waals surface area contributed by atoms with Gasteiger partial charge in [0.15, 0.2) is 0 Å². The lowest BCUT2D eigenvalue weighted by Crippen LogP contribution is -2.21. The highest BCUT2D eigenvalue weighted by molar-refractivity contribution is 6.27. The SMILES string of the molecule is C1=CC2C=Cc3cccc4c3C2C(=C1c1cc(-c2ccc3ccc5cccc6ccc2c3c56)c2c(ccc3c5ccccc5oc32)c1)C=C4. The van der Waals surface area contributed by atoms with E-state index in [-0.39, 0.29) is 0 Å². The molecule has 0 spiro atoms. The number of benzene rings is 8. The summed E-state index contributed by atoms with van der Waals surface area (Å²) in [4.78, 5) is 0. The van der Waals surface area contributed by atoms with Crippen LogP contribution in [-0.2, 0) is 0 Å². The first-order valence-electron chi connectivity index (χ1n) is 17.3. The molecule has 3 aliphatic rings. The lowest BCUT2D eigenvalue weighted by atomic mass is 9.67. The van der Waals surface area contributed by atoms with Crippen LogP contribution >= 0.6 is 0 Å². The molecule has 0 aliphatic heterocycles. The van der Waals surface area contributed by atoms with Crippen LogP contribution in [0.4, 0.5) is 0 Å². The quantitative estimate of drug-likeness (QED) is 0.175. The smallest absolute Gasteiger partial charge is 0.143 e. The van der Waals surface area contributed by atoms with Crippen molar-refractivity contribution >= 4 is 82.8 Å². The molecule has 0 fully saturated rings. The maximum atomic E-state index is 6.75. The van der Waals surface area contributed by atoms with Crippen LogP contribution in [0.3, 0.4) is 0 Å². The van der Waals surface area contributed by atoms with Gasteiger partial charge in [0.25, 0.3) is 0 Å². The van der Waals surface area contributed by atoms with Gasteiger partial charge < -0.3 is 4.42 Å². The van der Waals surface area contributed by atoms with Crippen molar-refractivity contribution in [3.63, 3.8) is 0 Å². The second kappa shape index (κ2) is 9.24. The largest absolute Gasteiger partial charge is 0.455 e. The molecule has 0 saturated heterocycles. The topological polar surface area (TPSA) is 13.1 Å². The highest BCUT2D eigenvalue weighted by Crippen LogP contribution is 2.51. The normalized spacial score (nSPS) is 17.9. The van der Waals surface area contributed by atoms with Gasteiger partial charge in [0.1, 0.15) is 11.2 Å². The van der Waals surface area contributed by atoms with Gasteiger partial charge in [-0.1, -0.05) is 134 Å². The first-order chi connectivity index (χ1) is 24.3. The monoisotopic (exact) mass is 620 g/mol. The van der Waals surface area contributed by atoms with Crippen LogP contribution < -0.4 is 0 Å². The van der Waals surface area contributed by atoms with Gasteiger partial charge in [0.05, 0.1) is 0 Å². The Morgan fingerprint density at radius 2 is 1.20 bits per heavy atom. The molecule has 3 aliphatic carbocycles. The third kappa shape index (κ3) is 3.39. The predicted molar refractivity (Wildman–Crippen MR) is 207 cm³/mol. The summed E-state index contributed by atoms with van der Waals surface area (Å²) < 4.78 is 6.75. The van der Waals surface area contributed by atoms with E-state index in [0.717, 1.165) is 21.9 Å². The van der Waals surface area contributed by atoms with Crippen molar-refractivity contribution < 1.29 is 4.42 Å². The van der Waals surface area contributed by atoms with Gasteiger partial charge in [-0.2, -0.15) is 0 Å². The highest BCUT2D eigenvalue weighted by atomic mass is 16.3. The van der Waals surface area contributed by atoms with E-state index in [9.17, 15) is 0 Å². The molecule has 0 radical (unpaired) electrons. The fourth-order valence-electron chi connectivity index (χ4n) is 9.39. The van der Waals surface area contributed by atoms with E-state index in [1.54, 1.807) is 0 Å². The Kier molecular flexibility index (Phi) is 4.88. The lowest BCUT2D eigenvalue weighted by molar-refractivity contribution is 0.667. The van der Waals surface area contributed by atoms with E-state index >= 15 is 0 Å². The molecule has 0 N–H and O–H groups in total. The second-order valence-electron chi connectivity index (χ2n) is 14.0. The summed E-state index contributed by atoms with van der Waals surface area (Å²) in [7, 11) is 0. The number of rotatable bonds is 2. The van der Waals surface area contributed by atoms with Crippen molar-refractivity contribution in [2.24, 2.45) is 5.92 Å². The molecule has 1 heteroatoms. The van der Waals surface area contributed by atoms with E-state index in [0.29, 0.717) is 11.8 Å². The Hall–Kier alpha value is -6.18. The molecular formula is C48H28O. The third-order valence-corrected chi connectivity index (χ3v) is 11.5. The van der Waals surface area contributed by atoms with Gasteiger partial charge in [-0.3, -0.25) is 0 Å². The van der Waals surface area contributed by atoms with Crippen molar-refractivity contribution in [3.8, 4) is 11.1 Å². The molecule has 9 aromatic rings. The minimum absolute atomic E-state index is 0.327. The van der Waals surface area contributed by atoms with Crippen molar-refractivity contribution in [1.29, 1.82) is 0 Å². The Bertz CT molecular complexity index is 3030. The maximum Gasteiger partial charge on any atom is 0.143 e. The average Bonchev–Trinajstić information content (AvgIpc) is 3.54. The Morgan fingerprint density at radius 1 is 0.469 bits per heavy atom. The van der Waals surface area contributed by atoms with Gasteiger partial charge in [-0.25, -0.2) is 0 Å². The summed E-state index contributed by atoms with van der Waals surface area (Å²) >= 11 is 0. The van der Waals surface area contributed by atoms with Crippen molar-refractivity contribution in [3.05, 3.63) is 173 Å². The van der Waals surface area contributed by atoms with Crippen molar-refractivity contribution in [2.45, 2.75) is 5.92 Å². The molecule has 2 atom stereocenters. The van der Waals surface area contributed by atoms with Crippen LogP contribution in [0.25, 0.3) is 93.9 Å². The van der Waals surface area contributed by atoms with Crippen LogP contribution in [0.2, 0.25) is 0 Å². The van der Waals surface area contributed by atoms with Crippen LogP contribution in [0.15, 0.2) is 156 Å². The van der Waals surface area contributed by atoms with E-state index in [1.165, 1.54) is 87.6 Å². The second-order valence-corrected chi connectivity index (χ2v) is 14.0. The fraction of sp³-hybridized carbons (Fsp3) is 0.0417. The van der Waals surface area contributed by atoms with Crippen molar-refractivity contribution in [1.82, 2.24) is 0 Å². The van der Waals surface area contributed by atoms with Crippen molar-refractivity contribution in [2.75, 3.05) is 0 Å². The number of hydrogen-bond donors (Lipinski definition) is 0. The van der Waals surface area contributed by atoms with Gasteiger partial charge in [0.2, 0.25) is 0 Å². The minimum Gasteiger partial charge on any atom is -0.455 e. The van der Waals surface area contributed by atoms with E-state index in [2.05, 4.69) is 158 Å². The number of furan rings is 1. The van der Waals surface area contributed by atoms with E-state index < -0.39 is 0 Å². The molecule has 226 valence electrons. The summed E-state index contributed by atoms with van der Waals surface area (Å²) in [6.07, 6.45) is 14.2. The molecular weight excluding hydrogens is 593 g/mol. The molecule has 8 aromatic carbocycles. The van der Waals surface area contributed by atoms with Crippen LogP contribution in [0.5, 0.6) is 0 Å². The number of fused-ring (bicyclic) bond motifs is 5. The number of para-hydroxylation sites is 1. The maximum absolute atomic E-state index is 6.75. The molecule has 49 heavy (non-hydrogen) atoms. The van der Waals surface area contributed by atoms with E-state index in [4.69, 9.17) is 4.42 Å². The Labute approximate surface area is 282 Å². The molecule has 12 rings (SSSR count). The molecule has 2 unspecified atom stereocenters. The van der Waals surface area contributed by atoms with Gasteiger partial charge in [-0.15, -0.1) is 0 Å². The molecule has 0 amide bonds. The predicted octanol–water partition coefficient (Wildman–Crippen LogP) is 13.1.